The van der Waals surface area contributed by atoms with Gasteiger partial charge in [0, 0.05) is 32.2 Å². The minimum absolute atomic E-state index is 0.0366. The van der Waals surface area contributed by atoms with Gasteiger partial charge in [-0.3, -0.25) is 4.79 Å². The highest BCUT2D eigenvalue weighted by molar-refractivity contribution is 5.82. The number of hydrogen-bond acceptors (Lipinski definition) is 4. The quantitative estimate of drug-likeness (QED) is 0.788. The molecule has 0 radical (unpaired) electrons. The number of likely N-dealkylation sites (tertiary alicyclic amines) is 1. The fourth-order valence-electron chi connectivity index (χ4n) is 3.19. The van der Waals surface area contributed by atoms with Crippen molar-refractivity contribution in [2.45, 2.75) is 51.7 Å². The molecule has 24 heavy (non-hydrogen) atoms. The van der Waals surface area contributed by atoms with Crippen LogP contribution in [0.4, 0.5) is 9.59 Å². The summed E-state index contributed by atoms with van der Waals surface area (Å²) in [6.07, 6.45) is 1.16. The van der Waals surface area contributed by atoms with Crippen molar-refractivity contribution >= 4 is 18.1 Å². The summed E-state index contributed by atoms with van der Waals surface area (Å²) in [5.74, 6) is -0.404. The fourth-order valence-corrected chi connectivity index (χ4v) is 3.19. The van der Waals surface area contributed by atoms with Gasteiger partial charge in [-0.15, -0.1) is 0 Å². The summed E-state index contributed by atoms with van der Waals surface area (Å²) < 4.78 is 5.29. The molecule has 0 aromatic heterocycles. The minimum Gasteiger partial charge on any atom is -0.465 e. The molecule has 2 heterocycles. The molecule has 0 aromatic rings. The number of ether oxygens (including phenoxy) is 1. The molecule has 2 rings (SSSR count). The summed E-state index contributed by atoms with van der Waals surface area (Å²) >= 11 is 0. The number of amides is 3. The third kappa shape index (κ3) is 4.75. The van der Waals surface area contributed by atoms with Crippen LogP contribution < -0.4 is 0 Å². The number of esters is 1. The first-order valence-electron chi connectivity index (χ1n) is 8.42. The molecular weight excluding hydrogens is 314 g/mol. The minimum atomic E-state index is -0.912. The molecule has 8 heteroatoms. The number of rotatable bonds is 3. The summed E-state index contributed by atoms with van der Waals surface area (Å²) in [4.78, 5) is 40.3. The Kier molecular flexibility index (Phi) is 5.56. The van der Waals surface area contributed by atoms with Gasteiger partial charge >= 0.3 is 18.1 Å². The number of carbonyl (C=O) groups excluding carboxylic acids is 2. The molecule has 3 amide bonds. The van der Waals surface area contributed by atoms with E-state index in [1.165, 1.54) is 9.80 Å². The van der Waals surface area contributed by atoms with Gasteiger partial charge in [0.25, 0.3) is 0 Å². The Labute approximate surface area is 142 Å². The van der Waals surface area contributed by atoms with Crippen LogP contribution in [0.15, 0.2) is 0 Å². The molecule has 2 aliphatic rings. The molecule has 0 aliphatic carbocycles. The van der Waals surface area contributed by atoms with Gasteiger partial charge in [0.05, 0.1) is 0 Å². The number of nitrogens with zero attached hydrogens (tertiary/aromatic N) is 3. The van der Waals surface area contributed by atoms with E-state index in [9.17, 15) is 14.4 Å². The van der Waals surface area contributed by atoms with E-state index in [1.54, 1.807) is 25.7 Å². The number of carbonyl (C=O) groups is 3. The average Bonchev–Trinajstić information content (AvgIpc) is 2.47. The number of urea groups is 1. The molecule has 0 saturated carbocycles. The van der Waals surface area contributed by atoms with Crippen LogP contribution in [0.25, 0.3) is 0 Å². The van der Waals surface area contributed by atoms with Crippen LogP contribution in [0.2, 0.25) is 0 Å². The van der Waals surface area contributed by atoms with E-state index >= 15 is 0 Å². The van der Waals surface area contributed by atoms with Crippen molar-refractivity contribution in [3.8, 4) is 0 Å². The Morgan fingerprint density at radius 2 is 1.79 bits per heavy atom. The van der Waals surface area contributed by atoms with Gasteiger partial charge in [0.2, 0.25) is 0 Å². The summed E-state index contributed by atoms with van der Waals surface area (Å²) in [6, 6.07) is -0.115. The van der Waals surface area contributed by atoms with Crippen LogP contribution in [0, 0.1) is 0 Å². The molecule has 8 nitrogen and oxygen atoms in total. The Morgan fingerprint density at radius 3 is 2.33 bits per heavy atom. The van der Waals surface area contributed by atoms with E-state index in [2.05, 4.69) is 0 Å². The highest BCUT2D eigenvalue weighted by Gasteiger charge is 2.35. The van der Waals surface area contributed by atoms with Crippen molar-refractivity contribution in [1.29, 1.82) is 0 Å². The lowest BCUT2D eigenvalue weighted by molar-refractivity contribution is -0.155. The Balaban J connectivity index is 1.90. The molecule has 0 aromatic carbocycles. The first kappa shape index (κ1) is 18.4. The SMILES string of the molecule is CC(C)(C)OC(=O)CN1CCCN(C2CCN(C(=O)O)CC2)C1=O. The van der Waals surface area contributed by atoms with Crippen LogP contribution in [0.1, 0.15) is 40.0 Å². The maximum Gasteiger partial charge on any atom is 0.407 e. The summed E-state index contributed by atoms with van der Waals surface area (Å²) in [5, 5.41) is 9.01. The van der Waals surface area contributed by atoms with E-state index in [0.717, 1.165) is 6.42 Å². The molecule has 0 unspecified atom stereocenters. The van der Waals surface area contributed by atoms with Crippen LogP contribution in [0.3, 0.4) is 0 Å². The smallest absolute Gasteiger partial charge is 0.407 e. The Bertz CT molecular complexity index is 494. The van der Waals surface area contributed by atoms with Crippen molar-refractivity contribution in [1.82, 2.24) is 14.7 Å². The van der Waals surface area contributed by atoms with Crippen LogP contribution in [-0.4, -0.2) is 82.3 Å². The molecule has 2 saturated heterocycles. The molecule has 0 atom stereocenters. The number of hydrogen-bond donors (Lipinski definition) is 1. The van der Waals surface area contributed by atoms with Gasteiger partial charge in [-0.1, -0.05) is 0 Å². The maximum absolute atomic E-state index is 12.7. The van der Waals surface area contributed by atoms with E-state index in [4.69, 9.17) is 9.84 Å². The number of piperidine rings is 1. The lowest BCUT2D eigenvalue weighted by Gasteiger charge is -2.42. The van der Waals surface area contributed by atoms with Gasteiger partial charge in [-0.25, -0.2) is 9.59 Å². The van der Waals surface area contributed by atoms with E-state index in [0.29, 0.717) is 39.0 Å². The first-order valence-corrected chi connectivity index (χ1v) is 8.42. The second kappa shape index (κ2) is 7.27. The predicted octanol–water partition coefficient (Wildman–Crippen LogP) is 1.60. The highest BCUT2D eigenvalue weighted by atomic mass is 16.6. The third-order valence-corrected chi connectivity index (χ3v) is 4.26. The largest absolute Gasteiger partial charge is 0.465 e. The van der Waals surface area contributed by atoms with Crippen molar-refractivity contribution in [3.63, 3.8) is 0 Å². The molecule has 1 N–H and O–H groups in total. The van der Waals surface area contributed by atoms with Crippen molar-refractivity contribution in [2.24, 2.45) is 0 Å². The zero-order valence-corrected chi connectivity index (χ0v) is 14.7. The lowest BCUT2D eigenvalue weighted by atomic mass is 10.0. The second-order valence-corrected chi connectivity index (χ2v) is 7.34. The summed E-state index contributed by atoms with van der Waals surface area (Å²) in [7, 11) is 0. The first-order chi connectivity index (χ1) is 11.2. The van der Waals surface area contributed by atoms with Gasteiger partial charge in [-0.05, 0) is 40.0 Å². The normalized spacial score (nSPS) is 20.3. The van der Waals surface area contributed by atoms with Crippen LogP contribution in [-0.2, 0) is 9.53 Å². The molecular formula is C16H27N3O5. The Hall–Kier alpha value is -1.99. The predicted molar refractivity (Wildman–Crippen MR) is 86.8 cm³/mol. The zero-order chi connectivity index (χ0) is 17.9. The molecule has 2 aliphatic heterocycles. The van der Waals surface area contributed by atoms with Crippen molar-refractivity contribution in [3.05, 3.63) is 0 Å². The zero-order valence-electron chi connectivity index (χ0n) is 14.7. The Morgan fingerprint density at radius 1 is 1.17 bits per heavy atom. The lowest BCUT2D eigenvalue weighted by Crippen LogP contribution is -2.57. The maximum atomic E-state index is 12.7. The average molecular weight is 341 g/mol. The van der Waals surface area contributed by atoms with Crippen molar-refractivity contribution < 1.29 is 24.2 Å². The topological polar surface area (TPSA) is 90.4 Å². The van der Waals surface area contributed by atoms with E-state index in [-0.39, 0.29) is 18.6 Å². The molecule has 0 spiro atoms. The third-order valence-electron chi connectivity index (χ3n) is 4.26. The van der Waals surface area contributed by atoms with Gasteiger partial charge in [0.1, 0.15) is 12.1 Å². The molecule has 2 fully saturated rings. The van der Waals surface area contributed by atoms with Crippen molar-refractivity contribution in [2.75, 3.05) is 32.7 Å². The van der Waals surface area contributed by atoms with E-state index < -0.39 is 17.7 Å². The number of carboxylic acid groups (broad SMARTS) is 1. The van der Waals surface area contributed by atoms with Crippen LogP contribution >= 0.6 is 0 Å². The molecule has 136 valence electrons. The standard InChI is InChI=1S/C16H27N3O5/c1-16(2,3)24-13(20)11-18-7-4-8-19(14(18)21)12-5-9-17(10-6-12)15(22)23/h12H,4-11H2,1-3H3,(H,22,23). The van der Waals surface area contributed by atoms with Gasteiger partial charge in [0.15, 0.2) is 0 Å². The van der Waals surface area contributed by atoms with Crippen LogP contribution in [0.5, 0.6) is 0 Å². The van der Waals surface area contributed by atoms with Gasteiger partial charge < -0.3 is 24.5 Å². The summed E-state index contributed by atoms with van der Waals surface area (Å²) in [6.45, 7) is 7.43. The van der Waals surface area contributed by atoms with E-state index in [1.807, 2.05) is 0 Å². The summed E-state index contributed by atoms with van der Waals surface area (Å²) in [5.41, 5.74) is -0.570. The second-order valence-electron chi connectivity index (χ2n) is 7.34. The van der Waals surface area contributed by atoms with Gasteiger partial charge in [-0.2, -0.15) is 0 Å². The fraction of sp³-hybridized carbons (Fsp3) is 0.812. The monoisotopic (exact) mass is 341 g/mol. The highest BCUT2D eigenvalue weighted by Crippen LogP contribution is 2.21. The molecule has 0 bridgehead atoms.